The minimum absolute atomic E-state index is 0.0158. The first-order valence-corrected chi connectivity index (χ1v) is 18.5. The van der Waals surface area contributed by atoms with Gasteiger partial charge in [-0.2, -0.15) is 13.2 Å². The number of fused-ring (bicyclic) bond motifs is 1. The Morgan fingerprint density at radius 2 is 1.79 bits per heavy atom. The molecule has 0 saturated carbocycles. The Kier molecular flexibility index (Phi) is 10.9. The molecule has 0 radical (unpaired) electrons. The maximum Gasteiger partial charge on any atom is 0.573 e. The first kappa shape index (κ1) is 36.3. The quantitative estimate of drug-likeness (QED) is 0.143. The van der Waals surface area contributed by atoms with Crippen LogP contribution in [0.3, 0.4) is 0 Å². The lowest BCUT2D eigenvalue weighted by molar-refractivity contribution is -0.274. The summed E-state index contributed by atoms with van der Waals surface area (Å²) in [6.07, 6.45) is -9.32. The molecule has 2 N–H and O–H groups in total. The van der Waals surface area contributed by atoms with Crippen molar-refractivity contribution >= 4 is 45.2 Å². The Labute approximate surface area is 279 Å². The Hall–Kier alpha value is -2.98. The van der Waals surface area contributed by atoms with Crippen LogP contribution in [0, 0.1) is 11.8 Å². The van der Waals surface area contributed by atoms with Gasteiger partial charge in [0.25, 0.3) is 0 Å². The number of anilines is 2. The van der Waals surface area contributed by atoms with Gasteiger partial charge in [0.1, 0.15) is 13.3 Å². The predicted molar refractivity (Wildman–Crippen MR) is 178 cm³/mol. The first-order valence-electron chi connectivity index (χ1n) is 15.6. The summed E-state index contributed by atoms with van der Waals surface area (Å²) >= 11 is 1.05. The highest BCUT2D eigenvalue weighted by molar-refractivity contribution is 7.71. The summed E-state index contributed by atoms with van der Waals surface area (Å²) in [4.78, 5) is 4.09. The van der Waals surface area contributed by atoms with Gasteiger partial charge in [-0.1, -0.05) is 24.0 Å². The molecule has 0 amide bonds. The number of rotatable bonds is 8. The monoisotopic (exact) mass is 718 g/mol. The van der Waals surface area contributed by atoms with E-state index in [4.69, 9.17) is 0 Å². The SMILES string of the molecule is CN1CC[C@@H](Nc2cccc3c(CC(F)(F)F)c(C#CCNc4ccc(P5(=O)CCC(N(C)C)CC5)cc4OC(F)(F)F)sc23)[C@@H](F)C1. The average Bonchev–Trinajstić information content (AvgIpc) is 3.33. The third kappa shape index (κ3) is 8.97. The zero-order valence-corrected chi connectivity index (χ0v) is 28.5. The lowest BCUT2D eigenvalue weighted by atomic mass is 10.0. The molecule has 3 heterocycles. The summed E-state index contributed by atoms with van der Waals surface area (Å²) < 4.78 is 114. The van der Waals surface area contributed by atoms with Crippen molar-refractivity contribution in [3.8, 4) is 17.6 Å². The second-order valence-electron chi connectivity index (χ2n) is 12.6. The van der Waals surface area contributed by atoms with Gasteiger partial charge in [-0.05, 0) is 75.6 Å². The number of alkyl halides is 7. The summed E-state index contributed by atoms with van der Waals surface area (Å²) in [5, 5.41) is 6.63. The molecule has 2 fully saturated rings. The number of ether oxygens (including phenoxy) is 1. The molecule has 0 aliphatic carbocycles. The minimum atomic E-state index is -5.01. The number of hydrogen-bond acceptors (Lipinski definition) is 7. The number of hydrogen-bond donors (Lipinski definition) is 2. The van der Waals surface area contributed by atoms with Crippen LogP contribution in [-0.4, -0.2) is 93.7 Å². The minimum Gasteiger partial charge on any atom is -0.404 e. The van der Waals surface area contributed by atoms with Crippen molar-refractivity contribution in [2.24, 2.45) is 0 Å². The number of nitrogens with one attached hydrogen (secondary N) is 2. The van der Waals surface area contributed by atoms with Crippen molar-refractivity contribution in [3.05, 3.63) is 46.8 Å². The van der Waals surface area contributed by atoms with Crippen LogP contribution in [0.1, 0.15) is 29.7 Å². The maximum absolute atomic E-state index is 14.8. The number of halogens is 7. The van der Waals surface area contributed by atoms with Gasteiger partial charge in [-0.3, -0.25) is 0 Å². The van der Waals surface area contributed by atoms with E-state index in [0.29, 0.717) is 59.2 Å². The summed E-state index contributed by atoms with van der Waals surface area (Å²) in [5.74, 6) is 4.96. The molecule has 6 nitrogen and oxygen atoms in total. The molecule has 48 heavy (non-hydrogen) atoms. The molecule has 5 rings (SSSR count). The van der Waals surface area contributed by atoms with Crippen LogP contribution >= 0.6 is 18.5 Å². The highest BCUT2D eigenvalue weighted by Crippen LogP contribution is 2.51. The molecule has 0 unspecified atom stereocenters. The molecule has 15 heteroatoms. The van der Waals surface area contributed by atoms with E-state index < -0.39 is 44.1 Å². The zero-order valence-electron chi connectivity index (χ0n) is 26.8. The largest absolute Gasteiger partial charge is 0.573 e. The first-order chi connectivity index (χ1) is 22.5. The molecule has 2 aliphatic rings. The van der Waals surface area contributed by atoms with Gasteiger partial charge < -0.3 is 29.7 Å². The fourth-order valence-corrected chi connectivity index (χ4v) is 10.3. The van der Waals surface area contributed by atoms with Crippen molar-refractivity contribution in [1.29, 1.82) is 0 Å². The van der Waals surface area contributed by atoms with Gasteiger partial charge in [0, 0.05) is 36.8 Å². The fraction of sp³-hybridized carbons (Fsp3) is 0.515. The van der Waals surface area contributed by atoms with E-state index in [-0.39, 0.29) is 35.3 Å². The van der Waals surface area contributed by atoms with Gasteiger partial charge in [0.15, 0.2) is 5.75 Å². The highest BCUT2D eigenvalue weighted by atomic mass is 32.1. The van der Waals surface area contributed by atoms with Gasteiger partial charge in [-0.25, -0.2) is 4.39 Å². The van der Waals surface area contributed by atoms with Crippen LogP contribution in [0.25, 0.3) is 10.1 Å². The molecule has 2 atom stereocenters. The van der Waals surface area contributed by atoms with Crippen LogP contribution in [-0.2, 0) is 11.0 Å². The molecule has 2 saturated heterocycles. The third-order valence-corrected chi connectivity index (χ3v) is 13.3. The lowest BCUT2D eigenvalue weighted by Gasteiger charge is -2.33. The van der Waals surface area contributed by atoms with Gasteiger partial charge in [0.05, 0.1) is 40.0 Å². The van der Waals surface area contributed by atoms with Crippen LogP contribution < -0.4 is 20.7 Å². The number of nitrogens with zero attached hydrogens (tertiary/aromatic N) is 2. The van der Waals surface area contributed by atoms with E-state index in [1.807, 2.05) is 30.9 Å². The smallest absolute Gasteiger partial charge is 0.404 e. The summed E-state index contributed by atoms with van der Waals surface area (Å²) in [7, 11) is 2.76. The second-order valence-corrected chi connectivity index (χ2v) is 16.8. The number of likely N-dealkylation sites (tertiary alicyclic amines) is 1. The Bertz CT molecular complexity index is 1700. The molecule has 0 bridgehead atoms. The Balaban J connectivity index is 1.38. The molecule has 262 valence electrons. The molecule has 2 aliphatic heterocycles. The number of thiophene rings is 1. The summed E-state index contributed by atoms with van der Waals surface area (Å²) in [5.41, 5.74) is 0.461. The number of piperidine rings is 1. The van der Waals surface area contributed by atoms with Crippen LogP contribution in [0.2, 0.25) is 0 Å². The standard InChI is InChI=1S/C33H38F7N4O2PS/c1-43(2)21-12-16-47(45,17-13-21)22-9-10-27(29(18-22)46-33(38,39)40)41-14-5-8-30-24(19-32(35,36)37)23-6-4-7-28(31(23)48-30)42-26-11-15-44(3)20-25(26)34/h4,6-7,9-10,18,21,25-26,41-42H,11-17,19-20H2,1-3H3/t21?,25-,26+,47?/m0/s1. The topological polar surface area (TPSA) is 56.8 Å². The molecule has 2 aromatic carbocycles. The van der Waals surface area contributed by atoms with Crippen molar-refractivity contribution < 1.29 is 40.0 Å². The molecular formula is C33H38F7N4O2PS. The molecule has 1 aromatic heterocycles. The number of benzene rings is 2. The normalized spacial score (nSPS) is 23.9. The summed E-state index contributed by atoms with van der Waals surface area (Å²) in [6.45, 7) is 0.715. The Morgan fingerprint density at radius 1 is 1.06 bits per heavy atom. The second kappa shape index (κ2) is 14.5. The van der Waals surface area contributed by atoms with E-state index in [1.165, 1.54) is 12.1 Å². The van der Waals surface area contributed by atoms with Crippen molar-refractivity contribution in [3.63, 3.8) is 0 Å². The van der Waals surface area contributed by atoms with E-state index in [2.05, 4.69) is 27.2 Å². The fourth-order valence-electron chi connectivity index (χ4n) is 6.31. The van der Waals surface area contributed by atoms with Crippen molar-refractivity contribution in [1.82, 2.24) is 9.80 Å². The Morgan fingerprint density at radius 3 is 2.44 bits per heavy atom. The van der Waals surface area contributed by atoms with Crippen molar-refractivity contribution in [2.75, 3.05) is 63.7 Å². The molecule has 0 spiro atoms. The lowest BCUT2D eigenvalue weighted by Crippen LogP contribution is -2.46. The van der Waals surface area contributed by atoms with Crippen LogP contribution in [0.15, 0.2) is 36.4 Å². The average molecular weight is 719 g/mol. The predicted octanol–water partition coefficient (Wildman–Crippen LogP) is 7.53. The van der Waals surface area contributed by atoms with E-state index in [1.54, 1.807) is 18.2 Å². The van der Waals surface area contributed by atoms with E-state index >= 15 is 0 Å². The van der Waals surface area contributed by atoms with Gasteiger partial charge in [0.2, 0.25) is 0 Å². The van der Waals surface area contributed by atoms with Gasteiger partial charge in [-0.15, -0.1) is 24.5 Å². The molecular weight excluding hydrogens is 680 g/mol. The van der Waals surface area contributed by atoms with Crippen molar-refractivity contribution in [2.45, 2.75) is 56.5 Å². The van der Waals surface area contributed by atoms with E-state index in [0.717, 1.165) is 17.4 Å². The zero-order chi connectivity index (χ0) is 34.9. The highest BCUT2D eigenvalue weighted by Gasteiger charge is 2.36. The third-order valence-electron chi connectivity index (χ3n) is 8.89. The summed E-state index contributed by atoms with van der Waals surface area (Å²) in [6, 6.07) is 8.70. The van der Waals surface area contributed by atoms with Crippen LogP contribution in [0.4, 0.5) is 42.1 Å². The molecule has 3 aromatic rings. The van der Waals surface area contributed by atoms with Crippen LogP contribution in [0.5, 0.6) is 5.75 Å². The maximum atomic E-state index is 14.8. The van der Waals surface area contributed by atoms with Gasteiger partial charge >= 0.3 is 12.5 Å². The van der Waals surface area contributed by atoms with E-state index in [9.17, 15) is 35.3 Å².